The van der Waals surface area contributed by atoms with Crippen LogP contribution in [-0.4, -0.2) is 27.3 Å². The average Bonchev–Trinajstić information content (AvgIpc) is 2.52. The number of unbranched alkanes of at least 4 members (excludes halogenated alkanes) is 5. The summed E-state index contributed by atoms with van der Waals surface area (Å²) in [6.45, 7) is 12.1. The quantitative estimate of drug-likeness (QED) is 0.289. The molecule has 1 atom stereocenters. The minimum absolute atomic E-state index is 0.0590. The zero-order valence-corrected chi connectivity index (χ0v) is 14.0. The highest BCUT2D eigenvalue weighted by atomic mass is 16.9. The van der Waals surface area contributed by atoms with Crippen LogP contribution in [0.15, 0.2) is 25.8 Å². The van der Waals surface area contributed by atoms with E-state index in [9.17, 15) is 0 Å². The van der Waals surface area contributed by atoms with Crippen LogP contribution in [0.1, 0.15) is 51.9 Å². The Morgan fingerprint density at radius 3 is 1.75 bits per heavy atom. The molecule has 0 spiro atoms. The molecule has 0 N–H and O–H groups in total. The first-order valence-corrected chi connectivity index (χ1v) is 7.48. The van der Waals surface area contributed by atoms with E-state index in [1.807, 2.05) is 6.08 Å². The van der Waals surface area contributed by atoms with Gasteiger partial charge in [0.05, 0.1) is 5.92 Å². The van der Waals surface area contributed by atoms with Crippen LogP contribution in [-0.2, 0) is 14.2 Å². The van der Waals surface area contributed by atoms with Gasteiger partial charge in [0.25, 0.3) is 5.97 Å². The maximum Gasteiger partial charge on any atom is 0.288 e. The van der Waals surface area contributed by atoms with Crippen molar-refractivity contribution < 1.29 is 14.2 Å². The highest BCUT2D eigenvalue weighted by Gasteiger charge is 2.37. The molecule has 0 fully saturated rings. The second-order valence-corrected chi connectivity index (χ2v) is 4.61. The third-order valence-electron chi connectivity index (χ3n) is 3.46. The molecule has 0 aliphatic rings. The van der Waals surface area contributed by atoms with E-state index < -0.39 is 5.97 Å². The standard InChI is InChI=1S/C15H30O3.C2H4/c1-6-8-9-10-11-12-13-14(7-2)15(16-3,17-4)18-5;1-2/h7,14H,2,6,8-13H2,1,3-5H3;1-2H2. The van der Waals surface area contributed by atoms with Crippen molar-refractivity contribution in [2.45, 2.75) is 57.8 Å². The van der Waals surface area contributed by atoms with Crippen molar-refractivity contribution in [1.82, 2.24) is 0 Å². The van der Waals surface area contributed by atoms with Crippen LogP contribution in [0.3, 0.4) is 0 Å². The van der Waals surface area contributed by atoms with Gasteiger partial charge in [-0.1, -0.05) is 51.5 Å². The fourth-order valence-corrected chi connectivity index (χ4v) is 2.29. The van der Waals surface area contributed by atoms with Crippen LogP contribution in [0.4, 0.5) is 0 Å². The molecule has 0 amide bonds. The molecular weight excluding hydrogens is 252 g/mol. The molecule has 0 heterocycles. The van der Waals surface area contributed by atoms with Crippen LogP contribution in [0, 0.1) is 5.92 Å². The summed E-state index contributed by atoms with van der Waals surface area (Å²) in [6.07, 6.45) is 10.5. The van der Waals surface area contributed by atoms with Gasteiger partial charge in [0.15, 0.2) is 0 Å². The lowest BCUT2D eigenvalue weighted by Crippen LogP contribution is -2.43. The Bertz CT molecular complexity index is 204. The van der Waals surface area contributed by atoms with E-state index in [1.165, 1.54) is 32.1 Å². The van der Waals surface area contributed by atoms with E-state index >= 15 is 0 Å². The van der Waals surface area contributed by atoms with Crippen molar-refractivity contribution in [1.29, 1.82) is 0 Å². The molecule has 3 nitrogen and oxygen atoms in total. The maximum absolute atomic E-state index is 5.37. The first-order chi connectivity index (χ1) is 9.70. The molecule has 0 rings (SSSR count). The summed E-state index contributed by atoms with van der Waals surface area (Å²) in [6, 6.07) is 0. The fourth-order valence-electron chi connectivity index (χ4n) is 2.29. The van der Waals surface area contributed by atoms with Gasteiger partial charge in [0.2, 0.25) is 0 Å². The van der Waals surface area contributed by atoms with Crippen LogP contribution in [0.2, 0.25) is 0 Å². The maximum atomic E-state index is 5.37. The topological polar surface area (TPSA) is 27.7 Å². The first kappa shape index (κ1) is 21.7. The molecule has 0 saturated carbocycles. The molecule has 0 aromatic carbocycles. The highest BCUT2D eigenvalue weighted by Crippen LogP contribution is 2.29. The van der Waals surface area contributed by atoms with Crippen LogP contribution >= 0.6 is 0 Å². The Hall–Kier alpha value is -0.640. The summed E-state index contributed by atoms with van der Waals surface area (Å²) >= 11 is 0. The minimum atomic E-state index is -0.981. The lowest BCUT2D eigenvalue weighted by molar-refractivity contribution is -0.372. The molecule has 0 aromatic rings. The van der Waals surface area contributed by atoms with Gasteiger partial charge in [-0.05, 0) is 6.42 Å². The van der Waals surface area contributed by atoms with Gasteiger partial charge < -0.3 is 14.2 Å². The number of hydrogen-bond acceptors (Lipinski definition) is 3. The number of rotatable bonds is 12. The monoisotopic (exact) mass is 286 g/mol. The average molecular weight is 286 g/mol. The summed E-state index contributed by atoms with van der Waals surface area (Å²) in [5.41, 5.74) is 0. The van der Waals surface area contributed by atoms with Crippen LogP contribution in [0.5, 0.6) is 0 Å². The third-order valence-corrected chi connectivity index (χ3v) is 3.46. The molecule has 1 unspecified atom stereocenters. The molecule has 0 saturated heterocycles. The predicted molar refractivity (Wildman–Crippen MR) is 86.7 cm³/mol. The van der Waals surface area contributed by atoms with Crippen molar-refractivity contribution in [2.24, 2.45) is 5.92 Å². The van der Waals surface area contributed by atoms with Crippen LogP contribution in [0.25, 0.3) is 0 Å². The van der Waals surface area contributed by atoms with Crippen molar-refractivity contribution in [3.05, 3.63) is 25.8 Å². The zero-order valence-electron chi connectivity index (χ0n) is 14.0. The molecule has 0 aliphatic carbocycles. The minimum Gasteiger partial charge on any atom is -0.330 e. The van der Waals surface area contributed by atoms with E-state index in [4.69, 9.17) is 14.2 Å². The largest absolute Gasteiger partial charge is 0.330 e. The van der Waals surface area contributed by atoms with E-state index in [-0.39, 0.29) is 5.92 Å². The second-order valence-electron chi connectivity index (χ2n) is 4.61. The molecule has 3 heteroatoms. The number of hydrogen-bond donors (Lipinski definition) is 0. The molecular formula is C17H34O3. The van der Waals surface area contributed by atoms with Gasteiger partial charge >= 0.3 is 0 Å². The van der Waals surface area contributed by atoms with E-state index in [1.54, 1.807) is 21.3 Å². The van der Waals surface area contributed by atoms with Gasteiger partial charge in [0.1, 0.15) is 0 Å². The van der Waals surface area contributed by atoms with Gasteiger partial charge in [-0.2, -0.15) is 0 Å². The Labute approximate surface area is 126 Å². The van der Waals surface area contributed by atoms with Crippen LogP contribution < -0.4 is 0 Å². The summed E-state index contributed by atoms with van der Waals surface area (Å²) in [5.74, 6) is -0.922. The van der Waals surface area contributed by atoms with Gasteiger partial charge in [-0.3, -0.25) is 0 Å². The van der Waals surface area contributed by atoms with E-state index in [2.05, 4.69) is 26.7 Å². The van der Waals surface area contributed by atoms with Crippen molar-refractivity contribution in [3.63, 3.8) is 0 Å². The highest BCUT2D eigenvalue weighted by molar-refractivity contribution is 4.86. The number of ether oxygens (including phenoxy) is 3. The molecule has 0 radical (unpaired) electrons. The Balaban J connectivity index is 0. The van der Waals surface area contributed by atoms with Crippen molar-refractivity contribution in [2.75, 3.05) is 21.3 Å². The van der Waals surface area contributed by atoms with Gasteiger partial charge in [0, 0.05) is 21.3 Å². The van der Waals surface area contributed by atoms with Crippen molar-refractivity contribution >= 4 is 0 Å². The fraction of sp³-hybridized carbons (Fsp3) is 0.765. The van der Waals surface area contributed by atoms with E-state index in [0.29, 0.717) is 0 Å². The smallest absolute Gasteiger partial charge is 0.288 e. The third kappa shape index (κ3) is 7.83. The molecule has 120 valence electrons. The summed E-state index contributed by atoms with van der Waals surface area (Å²) in [7, 11) is 4.81. The molecule has 0 bridgehead atoms. The normalized spacial score (nSPS) is 12.4. The Morgan fingerprint density at radius 2 is 1.35 bits per heavy atom. The second kappa shape index (κ2) is 14.8. The Kier molecular flexibility index (Phi) is 16.0. The Morgan fingerprint density at radius 1 is 0.900 bits per heavy atom. The molecule has 0 aromatic heterocycles. The summed E-state index contributed by atoms with van der Waals surface area (Å²) in [5, 5.41) is 0. The number of methoxy groups -OCH3 is 3. The predicted octanol–water partition coefficient (Wildman–Crippen LogP) is 4.93. The van der Waals surface area contributed by atoms with Gasteiger partial charge in [-0.25, -0.2) is 0 Å². The lowest BCUT2D eigenvalue weighted by atomic mass is 9.97. The SMILES string of the molecule is C=C.C=CC(CCCCCCCC)C(OC)(OC)OC. The summed E-state index contributed by atoms with van der Waals surface area (Å²) in [4.78, 5) is 0. The van der Waals surface area contributed by atoms with Crippen molar-refractivity contribution in [3.8, 4) is 0 Å². The van der Waals surface area contributed by atoms with Gasteiger partial charge in [-0.15, -0.1) is 19.7 Å². The van der Waals surface area contributed by atoms with E-state index in [0.717, 1.165) is 12.8 Å². The molecule has 0 aliphatic heterocycles. The first-order valence-electron chi connectivity index (χ1n) is 7.48. The summed E-state index contributed by atoms with van der Waals surface area (Å²) < 4.78 is 16.1. The zero-order chi connectivity index (χ0) is 15.9. The molecule has 20 heavy (non-hydrogen) atoms. The lowest BCUT2D eigenvalue weighted by Gasteiger charge is -2.34.